The van der Waals surface area contributed by atoms with Gasteiger partial charge in [0.2, 0.25) is 0 Å². The van der Waals surface area contributed by atoms with Crippen molar-refractivity contribution in [3.8, 4) is 11.3 Å². The molecule has 1 aliphatic heterocycles. The molecule has 1 saturated heterocycles. The molecule has 1 atom stereocenters. The number of fused-ring (bicyclic) bond motifs is 3. The van der Waals surface area contributed by atoms with Crippen molar-refractivity contribution in [2.75, 3.05) is 13.2 Å². The number of aliphatic hydroxyl groups is 2. The molecule has 8 heteroatoms. The molecule has 6 rings (SSSR count). The molecule has 8 nitrogen and oxygen atoms in total. The van der Waals surface area contributed by atoms with E-state index in [1.165, 1.54) is 5.56 Å². The second kappa shape index (κ2) is 9.62. The molecule has 0 bridgehead atoms. The zero-order valence-corrected chi connectivity index (χ0v) is 22.0. The predicted molar refractivity (Wildman–Crippen MR) is 147 cm³/mol. The number of pyridine rings is 1. The maximum absolute atomic E-state index is 10.9. The predicted octanol–water partition coefficient (Wildman–Crippen LogP) is 4.72. The van der Waals surface area contributed by atoms with Gasteiger partial charge in [-0.05, 0) is 55.9 Å². The zero-order valence-electron chi connectivity index (χ0n) is 22.0. The summed E-state index contributed by atoms with van der Waals surface area (Å²) in [5.74, 6) is 0.366. The molecule has 2 aromatic carbocycles. The van der Waals surface area contributed by atoms with Crippen molar-refractivity contribution in [1.82, 2.24) is 24.5 Å². The third kappa shape index (κ3) is 4.18. The van der Waals surface area contributed by atoms with Gasteiger partial charge in [0.1, 0.15) is 5.69 Å². The summed E-state index contributed by atoms with van der Waals surface area (Å²) in [6, 6.07) is 19.0. The molecule has 1 fully saturated rings. The fourth-order valence-electron chi connectivity index (χ4n) is 5.89. The highest BCUT2D eigenvalue weighted by Crippen LogP contribution is 2.42. The van der Waals surface area contributed by atoms with E-state index in [0.29, 0.717) is 11.6 Å². The van der Waals surface area contributed by atoms with Gasteiger partial charge in [0, 0.05) is 37.4 Å². The van der Waals surface area contributed by atoms with Gasteiger partial charge in [-0.15, -0.1) is 5.10 Å². The van der Waals surface area contributed by atoms with E-state index in [4.69, 9.17) is 9.72 Å². The van der Waals surface area contributed by atoms with Gasteiger partial charge in [-0.25, -0.2) is 4.68 Å². The summed E-state index contributed by atoms with van der Waals surface area (Å²) in [7, 11) is 1.83. The number of aliphatic hydroxyl groups excluding tert-OH is 1. The Morgan fingerprint density at radius 2 is 1.82 bits per heavy atom. The average molecular weight is 512 g/mol. The summed E-state index contributed by atoms with van der Waals surface area (Å²) in [4.78, 5) is 4.96. The summed E-state index contributed by atoms with van der Waals surface area (Å²) in [6.07, 6.45) is 3.75. The third-order valence-electron chi connectivity index (χ3n) is 7.80. The summed E-state index contributed by atoms with van der Waals surface area (Å²) < 4.78 is 9.84. The largest absolute Gasteiger partial charge is 0.390 e. The van der Waals surface area contributed by atoms with E-state index in [1.807, 2.05) is 39.2 Å². The van der Waals surface area contributed by atoms with Crippen LogP contribution in [0.25, 0.3) is 33.2 Å². The number of nitrogens with zero attached hydrogens (tertiary/aromatic N) is 5. The lowest BCUT2D eigenvalue weighted by molar-refractivity contribution is 0.0552. The van der Waals surface area contributed by atoms with Crippen LogP contribution in [0.3, 0.4) is 0 Å². The number of aromatic nitrogens is 5. The number of hydrogen-bond acceptors (Lipinski definition) is 6. The minimum Gasteiger partial charge on any atom is -0.390 e. The summed E-state index contributed by atoms with van der Waals surface area (Å²) >= 11 is 0. The summed E-state index contributed by atoms with van der Waals surface area (Å²) in [6.45, 7) is 4.91. The Labute approximate surface area is 221 Å². The van der Waals surface area contributed by atoms with Crippen LogP contribution in [-0.4, -0.2) is 48.0 Å². The second-order valence-corrected chi connectivity index (χ2v) is 10.7. The number of benzene rings is 2. The lowest BCUT2D eigenvalue weighted by atomic mass is 9.86. The van der Waals surface area contributed by atoms with Gasteiger partial charge in [0.15, 0.2) is 0 Å². The molecule has 5 aromatic rings. The van der Waals surface area contributed by atoms with Crippen molar-refractivity contribution >= 4 is 21.9 Å². The van der Waals surface area contributed by atoms with Crippen LogP contribution in [0.4, 0.5) is 0 Å². The van der Waals surface area contributed by atoms with E-state index in [9.17, 15) is 10.2 Å². The number of rotatable bonds is 6. The van der Waals surface area contributed by atoms with Gasteiger partial charge in [0.05, 0.1) is 40.5 Å². The van der Waals surface area contributed by atoms with Crippen LogP contribution in [0.2, 0.25) is 0 Å². The van der Waals surface area contributed by atoms with E-state index < -0.39 is 5.60 Å². The molecule has 0 amide bonds. The Hall–Kier alpha value is -3.59. The standard InChI is InChI=1S/C30H33N5O3/c1-30(2,37)22-9-10-23-25(16-22)35(28(19-7-5-4-6-8-19)20-11-13-38-14-12-20)26-15-21(17-31-27(23)26)29-24(18-36)32-33-34(29)3/h4-10,15-17,20,28,36-37H,11-14,18H2,1-3H3. The van der Waals surface area contributed by atoms with Crippen molar-refractivity contribution < 1.29 is 14.9 Å². The SMILES string of the molecule is Cn1nnc(CO)c1-c1cnc2c3ccc(C(C)(C)O)cc3n(C(c3ccccc3)C3CCOCC3)c2c1. The van der Waals surface area contributed by atoms with Crippen LogP contribution in [-0.2, 0) is 24.0 Å². The normalized spacial score (nSPS) is 15.9. The minimum absolute atomic E-state index is 0.0520. The van der Waals surface area contributed by atoms with E-state index in [2.05, 4.69) is 57.3 Å². The van der Waals surface area contributed by atoms with Gasteiger partial charge < -0.3 is 19.5 Å². The fourth-order valence-corrected chi connectivity index (χ4v) is 5.89. The Bertz CT molecular complexity index is 1590. The Balaban J connectivity index is 1.69. The van der Waals surface area contributed by atoms with Gasteiger partial charge in [-0.2, -0.15) is 0 Å². The molecule has 3 aromatic heterocycles. The maximum atomic E-state index is 10.9. The van der Waals surface area contributed by atoms with Gasteiger partial charge in [-0.1, -0.05) is 47.7 Å². The molecule has 196 valence electrons. The highest BCUT2D eigenvalue weighted by molar-refractivity contribution is 6.07. The van der Waals surface area contributed by atoms with E-state index >= 15 is 0 Å². The van der Waals surface area contributed by atoms with E-state index in [0.717, 1.165) is 64.8 Å². The van der Waals surface area contributed by atoms with Crippen LogP contribution in [0, 0.1) is 5.92 Å². The van der Waals surface area contributed by atoms with Crippen molar-refractivity contribution in [2.45, 2.75) is 44.9 Å². The first-order chi connectivity index (χ1) is 18.4. The highest BCUT2D eigenvalue weighted by Gasteiger charge is 2.31. The molecule has 0 radical (unpaired) electrons. The number of hydrogen-bond donors (Lipinski definition) is 2. The van der Waals surface area contributed by atoms with Crippen molar-refractivity contribution in [3.63, 3.8) is 0 Å². The zero-order chi connectivity index (χ0) is 26.4. The van der Waals surface area contributed by atoms with Crippen LogP contribution in [0.5, 0.6) is 0 Å². The molecule has 2 N–H and O–H groups in total. The minimum atomic E-state index is -0.981. The topological polar surface area (TPSA) is 98.2 Å². The highest BCUT2D eigenvalue weighted by atomic mass is 16.5. The van der Waals surface area contributed by atoms with Crippen molar-refractivity contribution in [2.24, 2.45) is 13.0 Å². The Morgan fingerprint density at radius 3 is 2.53 bits per heavy atom. The monoisotopic (exact) mass is 511 g/mol. The number of ether oxygens (including phenoxy) is 1. The van der Waals surface area contributed by atoms with E-state index in [-0.39, 0.29) is 12.6 Å². The molecule has 0 aliphatic carbocycles. The van der Waals surface area contributed by atoms with Gasteiger partial charge in [-0.3, -0.25) is 4.98 Å². The Kier molecular flexibility index (Phi) is 6.26. The molecule has 38 heavy (non-hydrogen) atoms. The lowest BCUT2D eigenvalue weighted by Gasteiger charge is -2.33. The number of aryl methyl sites for hydroxylation is 1. The van der Waals surface area contributed by atoms with Gasteiger partial charge in [0.25, 0.3) is 0 Å². The quantitative estimate of drug-likeness (QED) is 0.342. The molecular weight excluding hydrogens is 478 g/mol. The van der Waals surface area contributed by atoms with Crippen molar-refractivity contribution in [1.29, 1.82) is 0 Å². The van der Waals surface area contributed by atoms with Crippen molar-refractivity contribution in [3.05, 3.63) is 77.6 Å². The van der Waals surface area contributed by atoms with E-state index in [1.54, 1.807) is 4.68 Å². The molecular formula is C30H33N5O3. The Morgan fingerprint density at radius 1 is 1.05 bits per heavy atom. The summed E-state index contributed by atoms with van der Waals surface area (Å²) in [5.41, 5.74) is 6.15. The molecule has 0 saturated carbocycles. The third-order valence-corrected chi connectivity index (χ3v) is 7.80. The first-order valence-corrected chi connectivity index (χ1v) is 13.2. The second-order valence-electron chi connectivity index (χ2n) is 10.7. The van der Waals surface area contributed by atoms with Crippen LogP contribution in [0.1, 0.15) is 49.6 Å². The molecule has 0 spiro atoms. The smallest absolute Gasteiger partial charge is 0.116 e. The lowest BCUT2D eigenvalue weighted by Crippen LogP contribution is -2.27. The molecule has 1 aliphatic rings. The van der Waals surface area contributed by atoms with Crippen LogP contribution < -0.4 is 0 Å². The maximum Gasteiger partial charge on any atom is 0.116 e. The first-order valence-electron chi connectivity index (χ1n) is 13.2. The molecule has 1 unspecified atom stereocenters. The van der Waals surface area contributed by atoms with Gasteiger partial charge >= 0.3 is 0 Å². The molecule has 4 heterocycles. The van der Waals surface area contributed by atoms with Crippen LogP contribution >= 0.6 is 0 Å². The average Bonchev–Trinajstić information content (AvgIpc) is 3.46. The first kappa shape index (κ1) is 24.7. The fraction of sp³-hybridized carbons (Fsp3) is 0.367. The van der Waals surface area contributed by atoms with Crippen LogP contribution in [0.15, 0.2) is 60.8 Å². The summed E-state index contributed by atoms with van der Waals surface area (Å²) in [5, 5.41) is 30.1.